The Labute approximate surface area is 197 Å². The van der Waals surface area contributed by atoms with Gasteiger partial charge in [-0.05, 0) is 36.8 Å². The summed E-state index contributed by atoms with van der Waals surface area (Å²) >= 11 is 6.69. The average Bonchev–Trinajstić information content (AvgIpc) is 3.21. The molecule has 4 rings (SSSR count). The molecule has 0 unspecified atom stereocenters. The fourth-order valence-electron chi connectivity index (χ4n) is 3.18. The average molecular weight is 505 g/mol. The summed E-state index contributed by atoms with van der Waals surface area (Å²) in [4.78, 5) is 38.0. The molecule has 4 aromatic rings. The lowest BCUT2D eigenvalue weighted by molar-refractivity contribution is -0.116. The van der Waals surface area contributed by atoms with Crippen LogP contribution < -0.4 is 10.3 Å². The number of Topliss-reactive ketones (excluding diaryl/α,β-unsaturated/α-hetero) is 1. The van der Waals surface area contributed by atoms with Crippen LogP contribution in [0.3, 0.4) is 0 Å². The number of rotatable bonds is 7. The highest BCUT2D eigenvalue weighted by Crippen LogP contribution is 2.27. The van der Waals surface area contributed by atoms with Crippen LogP contribution in [-0.2, 0) is 21.1 Å². The van der Waals surface area contributed by atoms with Crippen LogP contribution in [0, 0.1) is 6.92 Å². The molecule has 0 aliphatic heterocycles. The van der Waals surface area contributed by atoms with Gasteiger partial charge in [0.25, 0.3) is 5.56 Å². The molecule has 3 aromatic heterocycles. The number of hydrogen-bond donors (Lipinski definition) is 0. The van der Waals surface area contributed by atoms with Crippen molar-refractivity contribution < 1.29 is 17.9 Å². The van der Waals surface area contributed by atoms with Crippen LogP contribution in [0.15, 0.2) is 51.9 Å². The molecule has 0 saturated heterocycles. The van der Waals surface area contributed by atoms with Gasteiger partial charge >= 0.3 is 0 Å². The molecule has 0 bridgehead atoms. The Morgan fingerprint density at radius 3 is 2.70 bits per heavy atom. The molecule has 0 radical (unpaired) electrons. The second-order valence-electron chi connectivity index (χ2n) is 7.18. The Balaban J connectivity index is 1.60. The van der Waals surface area contributed by atoms with E-state index in [2.05, 4.69) is 15.0 Å². The van der Waals surface area contributed by atoms with Crippen LogP contribution in [0.4, 0.5) is 0 Å². The van der Waals surface area contributed by atoms with E-state index in [1.54, 1.807) is 12.1 Å². The molecule has 170 valence electrons. The van der Waals surface area contributed by atoms with Gasteiger partial charge in [0.1, 0.15) is 16.3 Å². The van der Waals surface area contributed by atoms with Gasteiger partial charge in [0.15, 0.2) is 15.6 Å². The third-order valence-corrected chi connectivity index (χ3v) is 8.22. The van der Waals surface area contributed by atoms with Gasteiger partial charge in [-0.2, -0.15) is 4.98 Å². The molecule has 3 heterocycles. The third-order valence-electron chi connectivity index (χ3n) is 4.73. The molecule has 0 amide bonds. The predicted octanol–water partition coefficient (Wildman–Crippen LogP) is 2.79. The predicted molar refractivity (Wildman–Crippen MR) is 124 cm³/mol. The quantitative estimate of drug-likeness (QED) is 0.376. The second kappa shape index (κ2) is 9.00. The Kier molecular flexibility index (Phi) is 6.28. The van der Waals surface area contributed by atoms with E-state index in [0.717, 1.165) is 16.9 Å². The Morgan fingerprint density at radius 1 is 1.21 bits per heavy atom. The maximum absolute atomic E-state index is 12.9. The van der Waals surface area contributed by atoms with E-state index in [9.17, 15) is 18.0 Å². The molecule has 0 fully saturated rings. The van der Waals surface area contributed by atoms with Crippen LogP contribution >= 0.6 is 22.9 Å². The first-order chi connectivity index (χ1) is 15.7. The van der Waals surface area contributed by atoms with Gasteiger partial charge in [-0.25, -0.2) is 23.0 Å². The van der Waals surface area contributed by atoms with Crippen LogP contribution in [0.5, 0.6) is 5.88 Å². The SMILES string of the molecule is COc1nc(-n2cnc3cc(C)ccc3c2=O)ncc1CC(=O)CS(=O)(=O)c1ccc(Cl)s1. The van der Waals surface area contributed by atoms with Crippen molar-refractivity contribution in [2.45, 2.75) is 17.6 Å². The van der Waals surface area contributed by atoms with Gasteiger partial charge in [-0.15, -0.1) is 11.3 Å². The van der Waals surface area contributed by atoms with Crippen molar-refractivity contribution in [2.24, 2.45) is 0 Å². The molecule has 9 nitrogen and oxygen atoms in total. The third kappa shape index (κ3) is 4.80. The summed E-state index contributed by atoms with van der Waals surface area (Å²) in [6, 6.07) is 8.12. The second-order valence-corrected chi connectivity index (χ2v) is 11.1. The lowest BCUT2D eigenvalue weighted by Gasteiger charge is -2.10. The number of halogens is 1. The zero-order valence-electron chi connectivity index (χ0n) is 17.5. The number of hydrogen-bond acceptors (Lipinski definition) is 9. The van der Waals surface area contributed by atoms with E-state index in [-0.39, 0.29) is 28.0 Å². The van der Waals surface area contributed by atoms with Crippen LogP contribution in [0.1, 0.15) is 11.1 Å². The lowest BCUT2D eigenvalue weighted by Crippen LogP contribution is -2.22. The molecule has 12 heteroatoms. The summed E-state index contributed by atoms with van der Waals surface area (Å²) in [6.45, 7) is 1.90. The first-order valence-electron chi connectivity index (χ1n) is 9.56. The van der Waals surface area contributed by atoms with Gasteiger partial charge < -0.3 is 4.74 Å². The summed E-state index contributed by atoms with van der Waals surface area (Å²) in [5.41, 5.74) is 1.47. The highest BCUT2D eigenvalue weighted by atomic mass is 35.5. The molecular weight excluding hydrogens is 488 g/mol. The smallest absolute Gasteiger partial charge is 0.268 e. The summed E-state index contributed by atoms with van der Waals surface area (Å²) in [6.07, 6.45) is 2.40. The van der Waals surface area contributed by atoms with Gasteiger partial charge in [-0.1, -0.05) is 17.7 Å². The number of aromatic nitrogens is 4. The number of methoxy groups -OCH3 is 1. The standard InChI is InChI=1S/C21H17ClN4O5S2/c1-12-3-4-15-16(7-12)24-11-26(20(15)28)21-23-9-13(19(25-21)31-2)8-14(27)10-33(29,30)18-6-5-17(22)32-18/h3-7,9,11H,8,10H2,1-2H3. The van der Waals surface area contributed by atoms with E-state index in [1.807, 2.05) is 13.0 Å². The largest absolute Gasteiger partial charge is 0.481 e. The first-order valence-corrected chi connectivity index (χ1v) is 12.4. The number of fused-ring (bicyclic) bond motifs is 1. The van der Waals surface area contributed by atoms with Gasteiger partial charge in [0.05, 0.1) is 22.3 Å². The van der Waals surface area contributed by atoms with Crippen molar-refractivity contribution in [3.63, 3.8) is 0 Å². The van der Waals surface area contributed by atoms with Crippen molar-refractivity contribution >= 4 is 49.5 Å². The van der Waals surface area contributed by atoms with Crippen molar-refractivity contribution in [1.29, 1.82) is 0 Å². The molecule has 0 aliphatic rings. The summed E-state index contributed by atoms with van der Waals surface area (Å²) in [5, 5.41) is 0.406. The van der Waals surface area contributed by atoms with E-state index in [4.69, 9.17) is 16.3 Å². The van der Waals surface area contributed by atoms with Crippen LogP contribution in [-0.4, -0.2) is 46.6 Å². The number of benzene rings is 1. The number of aryl methyl sites for hydroxylation is 1. The maximum Gasteiger partial charge on any atom is 0.268 e. The van der Waals surface area contributed by atoms with Crippen LogP contribution in [0.25, 0.3) is 16.9 Å². The molecule has 0 N–H and O–H groups in total. The number of ketones is 1. The molecule has 33 heavy (non-hydrogen) atoms. The molecule has 0 saturated carbocycles. The number of sulfone groups is 1. The number of thiophene rings is 1. The Hall–Kier alpha value is -3.15. The highest BCUT2D eigenvalue weighted by Gasteiger charge is 2.23. The normalized spacial score (nSPS) is 11.6. The van der Waals surface area contributed by atoms with Crippen molar-refractivity contribution in [2.75, 3.05) is 12.9 Å². The van der Waals surface area contributed by atoms with Gasteiger partial charge in [0, 0.05) is 18.2 Å². The number of carbonyl (C=O) groups excluding carboxylic acids is 1. The lowest BCUT2D eigenvalue weighted by atomic mass is 10.2. The first kappa shape index (κ1) is 23.0. The minimum Gasteiger partial charge on any atom is -0.481 e. The van der Waals surface area contributed by atoms with E-state index in [0.29, 0.717) is 20.8 Å². The maximum atomic E-state index is 12.9. The number of carbonyl (C=O) groups is 1. The molecule has 0 spiro atoms. The highest BCUT2D eigenvalue weighted by molar-refractivity contribution is 7.94. The zero-order valence-corrected chi connectivity index (χ0v) is 19.9. The number of ether oxygens (including phenoxy) is 1. The fraction of sp³-hybridized carbons (Fsp3) is 0.190. The molecule has 1 aromatic carbocycles. The Morgan fingerprint density at radius 2 is 2.00 bits per heavy atom. The fourth-order valence-corrected chi connectivity index (χ4v) is 5.99. The topological polar surface area (TPSA) is 121 Å². The van der Waals surface area contributed by atoms with Crippen molar-refractivity contribution in [3.8, 4) is 11.8 Å². The minimum atomic E-state index is -3.81. The van der Waals surface area contributed by atoms with Gasteiger partial charge in [0.2, 0.25) is 11.8 Å². The van der Waals surface area contributed by atoms with Crippen molar-refractivity contribution in [1.82, 2.24) is 19.5 Å². The van der Waals surface area contributed by atoms with E-state index >= 15 is 0 Å². The molecular formula is C21H17ClN4O5S2. The summed E-state index contributed by atoms with van der Waals surface area (Å²) < 4.78 is 31.6. The number of nitrogens with zero attached hydrogens (tertiary/aromatic N) is 4. The zero-order chi connectivity index (χ0) is 23.8. The van der Waals surface area contributed by atoms with E-state index < -0.39 is 21.4 Å². The van der Waals surface area contributed by atoms with Crippen LogP contribution in [0.2, 0.25) is 4.34 Å². The molecule has 0 atom stereocenters. The summed E-state index contributed by atoms with van der Waals surface area (Å²) in [7, 11) is -2.45. The molecule has 0 aliphatic carbocycles. The minimum absolute atomic E-state index is 0.0175. The summed E-state index contributed by atoms with van der Waals surface area (Å²) in [5.74, 6) is -1.18. The Bertz CT molecular complexity index is 1550. The van der Waals surface area contributed by atoms with Gasteiger partial charge in [-0.3, -0.25) is 9.59 Å². The van der Waals surface area contributed by atoms with Crippen molar-refractivity contribution in [3.05, 3.63) is 68.7 Å². The van der Waals surface area contributed by atoms with E-state index in [1.165, 1.54) is 36.3 Å². The monoisotopic (exact) mass is 504 g/mol.